The second kappa shape index (κ2) is 6.24. The van der Waals surface area contributed by atoms with Crippen molar-refractivity contribution in [2.45, 2.75) is 57.5 Å². The van der Waals surface area contributed by atoms with Gasteiger partial charge in [0.1, 0.15) is 0 Å². The number of para-hydroxylation sites is 1. The Morgan fingerprint density at radius 3 is 2.44 bits per heavy atom. The van der Waals surface area contributed by atoms with Crippen LogP contribution >= 0.6 is 0 Å². The number of nitrogens with one attached hydrogen (secondary N) is 1. The van der Waals surface area contributed by atoms with Gasteiger partial charge in [0.2, 0.25) is 0 Å². The highest BCUT2D eigenvalue weighted by atomic mass is 16.3. The average molecular weight is 247 g/mol. The SMILES string of the molecule is CCc1ccccc1NCC1(O)CCCCCC1. The van der Waals surface area contributed by atoms with E-state index in [1.807, 2.05) is 0 Å². The Kier molecular flexibility index (Phi) is 4.65. The zero-order valence-corrected chi connectivity index (χ0v) is 11.4. The predicted octanol–water partition coefficient (Wildman–Crippen LogP) is 3.75. The van der Waals surface area contributed by atoms with Gasteiger partial charge in [-0.25, -0.2) is 0 Å². The second-order valence-electron chi connectivity index (χ2n) is 5.50. The van der Waals surface area contributed by atoms with Crippen LogP contribution in [-0.2, 0) is 6.42 Å². The van der Waals surface area contributed by atoms with Gasteiger partial charge in [-0.2, -0.15) is 0 Å². The van der Waals surface area contributed by atoms with Crippen LogP contribution in [0.4, 0.5) is 5.69 Å². The standard InChI is InChI=1S/C16H25NO/c1-2-14-9-5-6-10-15(14)17-13-16(18)11-7-3-4-8-12-16/h5-6,9-10,17-18H,2-4,7-8,11-13H2,1H3. The van der Waals surface area contributed by atoms with Crippen LogP contribution in [0.15, 0.2) is 24.3 Å². The molecular weight excluding hydrogens is 222 g/mol. The number of anilines is 1. The van der Waals surface area contributed by atoms with E-state index < -0.39 is 5.60 Å². The van der Waals surface area contributed by atoms with Crippen LogP contribution in [0.2, 0.25) is 0 Å². The van der Waals surface area contributed by atoms with Gasteiger partial charge in [0, 0.05) is 12.2 Å². The molecule has 1 aromatic carbocycles. The summed E-state index contributed by atoms with van der Waals surface area (Å²) in [5, 5.41) is 14.1. The van der Waals surface area contributed by atoms with Crippen LogP contribution in [0.3, 0.4) is 0 Å². The van der Waals surface area contributed by atoms with E-state index in [0.29, 0.717) is 6.54 Å². The van der Waals surface area contributed by atoms with Crippen LogP contribution in [0.25, 0.3) is 0 Å². The fourth-order valence-corrected chi connectivity index (χ4v) is 2.82. The van der Waals surface area contributed by atoms with Crippen molar-refractivity contribution in [2.75, 3.05) is 11.9 Å². The summed E-state index contributed by atoms with van der Waals surface area (Å²) in [6, 6.07) is 8.39. The molecule has 1 aliphatic rings. The molecule has 100 valence electrons. The highest BCUT2D eigenvalue weighted by Crippen LogP contribution is 2.28. The highest BCUT2D eigenvalue weighted by molar-refractivity contribution is 5.51. The Morgan fingerprint density at radius 2 is 1.78 bits per heavy atom. The summed E-state index contributed by atoms with van der Waals surface area (Å²) in [6.07, 6.45) is 7.77. The molecule has 2 rings (SSSR count). The summed E-state index contributed by atoms with van der Waals surface area (Å²) >= 11 is 0. The molecule has 2 heteroatoms. The van der Waals surface area contributed by atoms with Crippen LogP contribution in [0.1, 0.15) is 51.0 Å². The Hall–Kier alpha value is -1.02. The Bertz CT molecular complexity index is 367. The van der Waals surface area contributed by atoms with Crippen molar-refractivity contribution in [3.8, 4) is 0 Å². The van der Waals surface area contributed by atoms with Gasteiger partial charge in [-0.3, -0.25) is 0 Å². The summed E-state index contributed by atoms with van der Waals surface area (Å²) in [5.41, 5.74) is 2.00. The fourth-order valence-electron chi connectivity index (χ4n) is 2.82. The Morgan fingerprint density at radius 1 is 1.11 bits per heavy atom. The molecule has 1 saturated carbocycles. The first-order valence-corrected chi connectivity index (χ1v) is 7.28. The van der Waals surface area contributed by atoms with E-state index in [-0.39, 0.29) is 0 Å². The molecule has 18 heavy (non-hydrogen) atoms. The van der Waals surface area contributed by atoms with Crippen molar-refractivity contribution >= 4 is 5.69 Å². The van der Waals surface area contributed by atoms with Gasteiger partial charge in [-0.1, -0.05) is 50.8 Å². The van der Waals surface area contributed by atoms with Crippen LogP contribution < -0.4 is 5.32 Å². The third kappa shape index (κ3) is 3.49. The van der Waals surface area contributed by atoms with Gasteiger partial charge in [0.25, 0.3) is 0 Å². The second-order valence-corrected chi connectivity index (χ2v) is 5.50. The maximum Gasteiger partial charge on any atom is 0.0819 e. The zero-order chi connectivity index (χ0) is 12.8. The third-order valence-corrected chi connectivity index (χ3v) is 4.04. The smallest absolute Gasteiger partial charge is 0.0819 e. The number of aryl methyl sites for hydroxylation is 1. The number of benzene rings is 1. The first-order chi connectivity index (χ1) is 8.73. The average Bonchev–Trinajstić information content (AvgIpc) is 2.62. The van der Waals surface area contributed by atoms with Crippen molar-refractivity contribution in [1.82, 2.24) is 0 Å². The quantitative estimate of drug-likeness (QED) is 0.794. The molecule has 0 heterocycles. The molecular formula is C16H25NO. The van der Waals surface area contributed by atoms with Crippen molar-refractivity contribution in [1.29, 1.82) is 0 Å². The molecule has 1 aromatic rings. The van der Waals surface area contributed by atoms with Crippen molar-refractivity contribution in [3.63, 3.8) is 0 Å². The van der Waals surface area contributed by atoms with Crippen molar-refractivity contribution in [2.24, 2.45) is 0 Å². The third-order valence-electron chi connectivity index (χ3n) is 4.04. The van der Waals surface area contributed by atoms with E-state index in [4.69, 9.17) is 0 Å². The lowest BCUT2D eigenvalue weighted by Crippen LogP contribution is -2.36. The molecule has 0 amide bonds. The number of hydrogen-bond acceptors (Lipinski definition) is 2. The zero-order valence-electron chi connectivity index (χ0n) is 11.4. The minimum atomic E-state index is -0.503. The number of hydrogen-bond donors (Lipinski definition) is 2. The Balaban J connectivity index is 1.97. The lowest BCUT2D eigenvalue weighted by molar-refractivity contribution is 0.0381. The molecule has 2 N–H and O–H groups in total. The lowest BCUT2D eigenvalue weighted by Gasteiger charge is -2.28. The molecule has 0 spiro atoms. The van der Waals surface area contributed by atoms with Crippen LogP contribution in [0, 0.1) is 0 Å². The molecule has 0 bridgehead atoms. The lowest BCUT2D eigenvalue weighted by atomic mass is 9.94. The first-order valence-electron chi connectivity index (χ1n) is 7.28. The molecule has 0 radical (unpaired) electrons. The fraction of sp³-hybridized carbons (Fsp3) is 0.625. The summed E-state index contributed by atoms with van der Waals surface area (Å²) in [6.45, 7) is 2.85. The number of aliphatic hydroxyl groups is 1. The summed E-state index contributed by atoms with van der Waals surface area (Å²) < 4.78 is 0. The molecule has 0 atom stereocenters. The topological polar surface area (TPSA) is 32.3 Å². The van der Waals surface area contributed by atoms with E-state index >= 15 is 0 Å². The molecule has 0 saturated heterocycles. The van der Waals surface area contributed by atoms with Crippen LogP contribution in [-0.4, -0.2) is 17.3 Å². The van der Waals surface area contributed by atoms with E-state index in [0.717, 1.165) is 32.1 Å². The van der Waals surface area contributed by atoms with E-state index in [1.54, 1.807) is 0 Å². The predicted molar refractivity (Wildman–Crippen MR) is 77.0 cm³/mol. The molecule has 1 aliphatic carbocycles. The summed E-state index contributed by atoms with van der Waals surface area (Å²) in [4.78, 5) is 0. The van der Waals surface area contributed by atoms with Gasteiger partial charge in [0.15, 0.2) is 0 Å². The largest absolute Gasteiger partial charge is 0.388 e. The maximum absolute atomic E-state index is 10.6. The minimum absolute atomic E-state index is 0.503. The summed E-state index contributed by atoms with van der Waals surface area (Å²) in [7, 11) is 0. The van der Waals surface area contributed by atoms with Gasteiger partial charge >= 0.3 is 0 Å². The molecule has 1 fully saturated rings. The maximum atomic E-state index is 10.6. The van der Waals surface area contributed by atoms with Gasteiger partial charge < -0.3 is 10.4 Å². The normalized spacial score (nSPS) is 19.2. The molecule has 0 unspecified atom stereocenters. The molecule has 2 nitrogen and oxygen atoms in total. The van der Waals surface area contributed by atoms with Crippen molar-refractivity contribution in [3.05, 3.63) is 29.8 Å². The van der Waals surface area contributed by atoms with Gasteiger partial charge in [-0.05, 0) is 30.9 Å². The highest BCUT2D eigenvalue weighted by Gasteiger charge is 2.27. The molecule has 0 aliphatic heterocycles. The van der Waals surface area contributed by atoms with Gasteiger partial charge in [-0.15, -0.1) is 0 Å². The first kappa shape index (κ1) is 13.4. The Labute approximate surface area is 110 Å². The van der Waals surface area contributed by atoms with Crippen molar-refractivity contribution < 1.29 is 5.11 Å². The van der Waals surface area contributed by atoms with Gasteiger partial charge in [0.05, 0.1) is 5.60 Å². The van der Waals surface area contributed by atoms with E-state index in [2.05, 4.69) is 36.5 Å². The monoisotopic (exact) mass is 247 g/mol. The number of rotatable bonds is 4. The van der Waals surface area contributed by atoms with E-state index in [1.165, 1.54) is 24.1 Å². The minimum Gasteiger partial charge on any atom is -0.388 e. The van der Waals surface area contributed by atoms with E-state index in [9.17, 15) is 5.11 Å². The summed E-state index contributed by atoms with van der Waals surface area (Å²) in [5.74, 6) is 0. The van der Waals surface area contributed by atoms with Crippen LogP contribution in [0.5, 0.6) is 0 Å². The molecule has 0 aromatic heterocycles.